The third-order valence-corrected chi connectivity index (χ3v) is 4.72. The third-order valence-electron chi connectivity index (χ3n) is 4.72. The Morgan fingerprint density at radius 3 is 2.46 bits per heavy atom. The summed E-state index contributed by atoms with van der Waals surface area (Å²) in [6.07, 6.45) is 2.18. The molecule has 1 saturated heterocycles. The van der Waals surface area contributed by atoms with Crippen LogP contribution in [0.15, 0.2) is 54.6 Å². The minimum atomic E-state index is 0.0784. The van der Waals surface area contributed by atoms with E-state index >= 15 is 0 Å². The largest absolute Gasteiger partial charge is 0.484 e. The Bertz CT molecular complexity index is 680. The van der Waals surface area contributed by atoms with E-state index in [2.05, 4.69) is 17.8 Å². The van der Waals surface area contributed by atoms with Gasteiger partial charge in [0, 0.05) is 25.3 Å². The second-order valence-electron chi connectivity index (χ2n) is 6.84. The van der Waals surface area contributed by atoms with Crippen molar-refractivity contribution in [2.24, 2.45) is 5.92 Å². The first-order valence-corrected chi connectivity index (χ1v) is 9.24. The van der Waals surface area contributed by atoms with Crippen LogP contribution in [0.25, 0.3) is 0 Å². The third kappa shape index (κ3) is 5.49. The van der Waals surface area contributed by atoms with Gasteiger partial charge in [-0.3, -0.25) is 4.79 Å². The number of nitrogens with one attached hydrogen (secondary N) is 2. The number of carbonyl (C=O) groups is 1. The first-order chi connectivity index (χ1) is 12.7. The number of amides is 1. The first kappa shape index (κ1) is 18.3. The van der Waals surface area contributed by atoms with Crippen molar-refractivity contribution in [3.63, 3.8) is 0 Å². The van der Waals surface area contributed by atoms with Crippen LogP contribution in [0.1, 0.15) is 25.3 Å². The molecule has 1 aliphatic rings. The zero-order chi connectivity index (χ0) is 18.2. The molecule has 0 bridgehead atoms. The second-order valence-corrected chi connectivity index (χ2v) is 6.84. The van der Waals surface area contributed by atoms with Crippen molar-refractivity contribution in [2.45, 2.75) is 26.3 Å². The van der Waals surface area contributed by atoms with E-state index in [0.717, 1.165) is 48.8 Å². The lowest BCUT2D eigenvalue weighted by Gasteiger charge is -2.30. The van der Waals surface area contributed by atoms with Gasteiger partial charge in [-0.05, 0) is 48.6 Å². The summed E-state index contributed by atoms with van der Waals surface area (Å²) in [4.78, 5) is 14.1. The molecule has 0 radical (unpaired) electrons. The van der Waals surface area contributed by atoms with Crippen LogP contribution in [0.5, 0.6) is 5.75 Å². The minimum Gasteiger partial charge on any atom is -0.484 e. The molecule has 2 aromatic rings. The standard InChI is InChI=1S/C21H27N3O2/c1-17-11-13-24(14-12-17)21(25)16-26-20-9-7-18(8-10-20)15-22-23-19-5-3-2-4-6-19/h2-10,17,22-23H,11-16H2,1H3. The molecular formula is C21H27N3O2. The number of para-hydroxylation sites is 1. The van der Waals surface area contributed by atoms with Crippen molar-refractivity contribution in [1.82, 2.24) is 10.3 Å². The summed E-state index contributed by atoms with van der Waals surface area (Å²) in [6, 6.07) is 17.8. The lowest BCUT2D eigenvalue weighted by Crippen LogP contribution is -2.40. The van der Waals surface area contributed by atoms with Crippen LogP contribution in [0.4, 0.5) is 5.69 Å². The van der Waals surface area contributed by atoms with E-state index in [4.69, 9.17) is 4.74 Å². The van der Waals surface area contributed by atoms with Crippen molar-refractivity contribution in [3.8, 4) is 5.75 Å². The van der Waals surface area contributed by atoms with E-state index in [1.54, 1.807) is 0 Å². The van der Waals surface area contributed by atoms with Gasteiger partial charge in [0.1, 0.15) is 5.75 Å². The molecule has 0 aliphatic carbocycles. The fourth-order valence-electron chi connectivity index (χ4n) is 2.97. The van der Waals surface area contributed by atoms with Crippen LogP contribution in [0.2, 0.25) is 0 Å². The van der Waals surface area contributed by atoms with Gasteiger partial charge in [-0.2, -0.15) is 0 Å². The molecule has 0 unspecified atom stereocenters. The van der Waals surface area contributed by atoms with E-state index in [0.29, 0.717) is 6.54 Å². The molecular weight excluding hydrogens is 326 g/mol. The van der Waals surface area contributed by atoms with Gasteiger partial charge in [0.25, 0.3) is 5.91 Å². The van der Waals surface area contributed by atoms with E-state index < -0.39 is 0 Å². The van der Waals surface area contributed by atoms with Gasteiger partial charge in [-0.15, -0.1) is 0 Å². The van der Waals surface area contributed by atoms with Gasteiger partial charge in [0.05, 0.1) is 0 Å². The average Bonchev–Trinajstić information content (AvgIpc) is 2.68. The highest BCUT2D eigenvalue weighted by atomic mass is 16.5. The number of hydrogen-bond donors (Lipinski definition) is 2. The Balaban J connectivity index is 1.39. The number of carbonyl (C=O) groups excluding carboxylic acids is 1. The number of hydrazine groups is 1. The molecule has 0 spiro atoms. The Morgan fingerprint density at radius 1 is 1.08 bits per heavy atom. The zero-order valence-corrected chi connectivity index (χ0v) is 15.3. The van der Waals surface area contributed by atoms with Crippen molar-refractivity contribution in [3.05, 3.63) is 60.2 Å². The van der Waals surface area contributed by atoms with Crippen LogP contribution >= 0.6 is 0 Å². The fourth-order valence-corrected chi connectivity index (χ4v) is 2.97. The Labute approximate surface area is 155 Å². The summed E-state index contributed by atoms with van der Waals surface area (Å²) in [5.74, 6) is 1.52. The lowest BCUT2D eigenvalue weighted by atomic mass is 9.99. The average molecular weight is 353 g/mol. The number of nitrogens with zero attached hydrogens (tertiary/aromatic N) is 1. The van der Waals surface area contributed by atoms with Crippen molar-refractivity contribution >= 4 is 11.6 Å². The van der Waals surface area contributed by atoms with Gasteiger partial charge in [-0.25, -0.2) is 5.43 Å². The fraction of sp³-hybridized carbons (Fsp3) is 0.381. The molecule has 0 aromatic heterocycles. The number of ether oxygens (including phenoxy) is 1. The summed E-state index contributed by atoms with van der Waals surface area (Å²) in [5, 5.41) is 0. The number of piperidine rings is 1. The molecule has 1 aliphatic heterocycles. The monoisotopic (exact) mass is 353 g/mol. The summed E-state index contributed by atoms with van der Waals surface area (Å²) >= 11 is 0. The van der Waals surface area contributed by atoms with Crippen LogP contribution in [0, 0.1) is 5.92 Å². The maximum Gasteiger partial charge on any atom is 0.260 e. The van der Waals surface area contributed by atoms with Crippen LogP contribution < -0.4 is 15.6 Å². The molecule has 0 saturated carbocycles. The van der Waals surface area contributed by atoms with E-state index in [9.17, 15) is 4.79 Å². The smallest absolute Gasteiger partial charge is 0.260 e. The summed E-state index contributed by atoms with van der Waals surface area (Å²) in [6.45, 7) is 4.75. The van der Waals surface area contributed by atoms with Crippen LogP contribution in [-0.4, -0.2) is 30.5 Å². The quantitative estimate of drug-likeness (QED) is 0.749. The van der Waals surface area contributed by atoms with Gasteiger partial charge < -0.3 is 15.1 Å². The normalized spacial score (nSPS) is 14.9. The van der Waals surface area contributed by atoms with Crippen LogP contribution in [0.3, 0.4) is 0 Å². The van der Waals surface area contributed by atoms with Crippen molar-refractivity contribution in [2.75, 3.05) is 25.1 Å². The van der Waals surface area contributed by atoms with E-state index in [-0.39, 0.29) is 12.5 Å². The lowest BCUT2D eigenvalue weighted by molar-refractivity contribution is -0.134. The second kappa shape index (κ2) is 9.25. The number of rotatable bonds is 7. The maximum absolute atomic E-state index is 12.2. The Hall–Kier alpha value is -2.53. The molecule has 0 atom stereocenters. The van der Waals surface area contributed by atoms with Gasteiger partial charge in [-0.1, -0.05) is 37.3 Å². The minimum absolute atomic E-state index is 0.0784. The molecule has 5 heteroatoms. The van der Waals surface area contributed by atoms with Crippen LogP contribution in [-0.2, 0) is 11.3 Å². The number of hydrogen-bond acceptors (Lipinski definition) is 4. The SMILES string of the molecule is CC1CCN(C(=O)COc2ccc(CNNc3ccccc3)cc2)CC1. The molecule has 1 fully saturated rings. The van der Waals surface area contributed by atoms with Crippen molar-refractivity contribution in [1.29, 1.82) is 0 Å². The zero-order valence-electron chi connectivity index (χ0n) is 15.3. The highest BCUT2D eigenvalue weighted by Gasteiger charge is 2.20. The number of likely N-dealkylation sites (tertiary alicyclic amines) is 1. The predicted molar refractivity (Wildman–Crippen MR) is 104 cm³/mol. The molecule has 3 rings (SSSR count). The Kier molecular flexibility index (Phi) is 6.50. The summed E-state index contributed by atoms with van der Waals surface area (Å²) in [7, 11) is 0. The highest BCUT2D eigenvalue weighted by Crippen LogP contribution is 2.17. The first-order valence-electron chi connectivity index (χ1n) is 9.24. The highest BCUT2D eigenvalue weighted by molar-refractivity contribution is 5.77. The van der Waals surface area contributed by atoms with Gasteiger partial charge in [0.15, 0.2) is 6.61 Å². The maximum atomic E-state index is 12.2. The topological polar surface area (TPSA) is 53.6 Å². The molecule has 2 aromatic carbocycles. The molecule has 2 N–H and O–H groups in total. The Morgan fingerprint density at radius 2 is 1.77 bits per heavy atom. The van der Waals surface area contributed by atoms with Crippen molar-refractivity contribution < 1.29 is 9.53 Å². The van der Waals surface area contributed by atoms with E-state index in [1.807, 2.05) is 59.5 Å². The van der Waals surface area contributed by atoms with Gasteiger partial charge >= 0.3 is 0 Å². The summed E-state index contributed by atoms with van der Waals surface area (Å²) < 4.78 is 5.65. The molecule has 26 heavy (non-hydrogen) atoms. The number of anilines is 1. The van der Waals surface area contributed by atoms with E-state index in [1.165, 1.54) is 0 Å². The molecule has 1 amide bonds. The molecule has 138 valence electrons. The summed E-state index contributed by atoms with van der Waals surface area (Å²) in [5.41, 5.74) is 8.50. The molecule has 1 heterocycles. The van der Waals surface area contributed by atoms with Gasteiger partial charge in [0.2, 0.25) is 0 Å². The predicted octanol–water partition coefficient (Wildman–Crippen LogP) is 3.44. The molecule has 5 nitrogen and oxygen atoms in total. The number of benzene rings is 2.